The number of rotatable bonds is 69. The molecule has 15 N–H and O–H groups in total. The van der Waals surface area contributed by atoms with Gasteiger partial charge >= 0.3 is 23.5 Å². The van der Waals surface area contributed by atoms with Crippen LogP contribution in [0.5, 0.6) is 0 Å². The number of ketones is 3. The van der Waals surface area contributed by atoms with Gasteiger partial charge in [0.15, 0.2) is 55.1 Å². The van der Waals surface area contributed by atoms with Crippen molar-refractivity contribution in [3.63, 3.8) is 0 Å². The zero-order valence-electron chi connectivity index (χ0n) is 75.8. The van der Waals surface area contributed by atoms with Gasteiger partial charge in [0, 0.05) is 91.6 Å². The topological polar surface area (TPSA) is 608 Å². The minimum Gasteiger partial charge on any atom is -0.394 e. The molecule has 6 fully saturated rings. The van der Waals surface area contributed by atoms with E-state index in [-0.39, 0.29) is 94.5 Å². The van der Waals surface area contributed by atoms with Crippen LogP contribution in [0.3, 0.4) is 0 Å². The van der Waals surface area contributed by atoms with Gasteiger partial charge in [0.2, 0.25) is 17.7 Å². The second-order valence-electron chi connectivity index (χ2n) is 34.8. The lowest BCUT2D eigenvalue weighted by molar-refractivity contribution is -0.268. The highest BCUT2D eigenvalue weighted by Crippen LogP contribution is 2.53. The molecule has 0 aromatic heterocycles. The number of phosphoric ester groups is 3. The molecule has 6 aliphatic heterocycles. The molecule has 752 valence electrons. The predicted molar refractivity (Wildman–Crippen MR) is 454 cm³/mol. The zero-order valence-corrected chi connectivity index (χ0v) is 78.5. The van der Waals surface area contributed by atoms with E-state index in [9.17, 15) is 103 Å². The first kappa shape index (κ1) is 115. The summed E-state index contributed by atoms with van der Waals surface area (Å²) >= 11 is 0. The number of hydrogen-bond donors (Lipinski definition) is 15. The number of Topliss-reactive ketones (excluding diaryl/α,β-unsaturated/α-hetero) is 3. The van der Waals surface area contributed by atoms with Gasteiger partial charge in [-0.3, -0.25) is 55.9 Å². The zero-order chi connectivity index (χ0) is 94.7. The van der Waals surface area contributed by atoms with E-state index in [0.717, 1.165) is 64.4 Å². The Hall–Kier alpha value is -3.13. The standard InChI is InChI=1S/C83H150N3O40P3/c1-53-63(44-87)121-80(72(75(53)97)84-54(2)91)111-48-57(94)33-25-18-15-21-29-37-109-70-42-61(125-127(102,103)115-40-32-24-13-11-9-8-10-12-23-31-39-114-83(5,6)7)67(119-70)51-117-129(106,107)126-62-43-71(110-38-30-22-16-19-27-35-59(96)50-113-82-74(86-56(4)93)79(101)77(99)66(47-90)123-82)120-68(62)52-116-128(104,105)124-60-41-69(118-64(60)45-88)108-36-28-20-14-17-26-34-58(95)49-112-81-73(85-55(3)92)78(100)76(98)65(46-89)122-81/h53,60-82,87-90,97-101H,8-52H2,1-7H3,(H,84,91)(H,85,92)(H,86,93)(H,102,103)(H,104,105)(H,106,107)/t53-,60?,61+,62?,63+,64+,65+,66+,67?,68+,69+,70+,71+,72+,73+,74+,75-,76-,77-,78+,79+,80+,81+,82+/m0/s1. The van der Waals surface area contributed by atoms with Crippen LogP contribution in [0.25, 0.3) is 0 Å². The highest BCUT2D eigenvalue weighted by molar-refractivity contribution is 7.48. The molecule has 0 radical (unpaired) electrons. The van der Waals surface area contributed by atoms with Crippen molar-refractivity contribution >= 4 is 58.5 Å². The van der Waals surface area contributed by atoms with E-state index >= 15 is 0 Å². The number of aliphatic hydroxyl groups excluding tert-OH is 9. The summed E-state index contributed by atoms with van der Waals surface area (Å²) in [6.45, 7) is 7.28. The SMILES string of the molecule is CC(=O)N[C@H]1[C@H](OCC(=O)CCCCCCCO[C@H]2C[C@@H](OP(=O)(O)OCCCCCCCCCCCCOC(C)(C)C)C(COP(=O)(O)OC3C[C@H](OCCCCCCCC(=O)CO[C@@H]4O[C@H](CO)[C@H](O)[C@H](O)[C@H]4NC(C)=O)O[C@@H]3COP(=O)(O)OC3C[C@H](OCCCCCCCC(=O)CO[C@@H]4O[C@H](CO)[C@H](O)[C@H](O)[C@H]4NC(C)=O)O[C@@H]3CO)O2)O[C@H](CO)[C@H](C)[C@@H]1O. The van der Waals surface area contributed by atoms with Gasteiger partial charge in [-0.1, -0.05) is 116 Å². The number of aliphatic hydroxyl groups is 9. The molecule has 6 heterocycles. The minimum absolute atomic E-state index is 0.0731. The predicted octanol–water partition coefficient (Wildman–Crippen LogP) is 4.48. The molecule has 0 bridgehead atoms. The number of carbonyl (C=O) groups is 6. The van der Waals surface area contributed by atoms with Crippen molar-refractivity contribution in [3.05, 3.63) is 0 Å². The summed E-state index contributed by atoms with van der Waals surface area (Å²) in [5.41, 5.74) is -0.155. The maximum absolute atomic E-state index is 14.2. The molecule has 0 spiro atoms. The van der Waals surface area contributed by atoms with Crippen LogP contribution in [0.1, 0.15) is 248 Å². The van der Waals surface area contributed by atoms with E-state index in [2.05, 4.69) is 16.0 Å². The molecule has 3 amide bonds. The average molecular weight is 1920 g/mol. The quantitative estimate of drug-likeness (QED) is 0.0295. The number of carbonyl (C=O) groups excluding carboxylic acids is 6. The van der Waals surface area contributed by atoms with Crippen LogP contribution >= 0.6 is 23.5 Å². The van der Waals surface area contributed by atoms with Crippen LogP contribution in [-0.2, 0) is 131 Å². The fraction of sp³-hybridized carbons (Fsp3) is 0.928. The number of nitrogens with one attached hydrogen (secondary N) is 3. The number of hydrogen-bond acceptors (Lipinski definition) is 37. The van der Waals surface area contributed by atoms with Crippen molar-refractivity contribution < 1.29 is 192 Å². The summed E-state index contributed by atoms with van der Waals surface area (Å²) in [4.78, 5) is 108. The Bertz CT molecular complexity index is 3360. The molecular formula is C83H150N3O40P3. The second kappa shape index (κ2) is 60.6. The number of unbranched alkanes of at least 4 members (excludes halogenated alkanes) is 21. The van der Waals surface area contributed by atoms with E-state index in [0.29, 0.717) is 103 Å². The summed E-state index contributed by atoms with van der Waals surface area (Å²) < 4.78 is 151. The van der Waals surface area contributed by atoms with E-state index in [1.807, 2.05) is 20.8 Å². The molecular weight excluding hydrogens is 1770 g/mol. The van der Waals surface area contributed by atoms with Crippen molar-refractivity contribution in [1.82, 2.24) is 16.0 Å². The molecule has 129 heavy (non-hydrogen) atoms. The fourth-order valence-corrected chi connectivity index (χ4v) is 18.5. The van der Waals surface area contributed by atoms with Crippen LogP contribution in [0, 0.1) is 5.92 Å². The highest BCUT2D eigenvalue weighted by atomic mass is 31.2. The lowest BCUT2D eigenvalue weighted by atomic mass is 9.89. The molecule has 6 saturated heterocycles. The van der Waals surface area contributed by atoms with Crippen molar-refractivity contribution in [2.75, 3.05) is 92.5 Å². The summed E-state index contributed by atoms with van der Waals surface area (Å²) in [5.74, 6) is -2.90. The van der Waals surface area contributed by atoms with Crippen molar-refractivity contribution in [2.45, 2.75) is 394 Å². The van der Waals surface area contributed by atoms with E-state index < -0.39 is 241 Å². The van der Waals surface area contributed by atoms with Gasteiger partial charge in [-0.25, -0.2) is 13.7 Å². The summed E-state index contributed by atoms with van der Waals surface area (Å²) in [7, 11) is -15.2. The third kappa shape index (κ3) is 44.1. The third-order valence-electron chi connectivity index (χ3n) is 22.7. The number of phosphoric acid groups is 3. The Morgan fingerprint density at radius 2 is 0.620 bits per heavy atom. The summed E-state index contributed by atoms with van der Waals surface area (Å²) in [6, 6.07) is -3.37. The van der Waals surface area contributed by atoms with Crippen LogP contribution in [0.4, 0.5) is 0 Å². The first-order valence-corrected chi connectivity index (χ1v) is 50.3. The van der Waals surface area contributed by atoms with E-state index in [1.165, 1.54) is 20.8 Å². The lowest BCUT2D eigenvalue weighted by Crippen LogP contribution is -2.64. The molecule has 0 aliphatic carbocycles. The molecule has 0 saturated carbocycles. The molecule has 46 heteroatoms. The maximum Gasteiger partial charge on any atom is 0.472 e. The average Bonchev–Trinajstić information content (AvgIpc) is 1.81. The van der Waals surface area contributed by atoms with Gasteiger partial charge in [0.05, 0.1) is 64.1 Å². The van der Waals surface area contributed by atoms with Crippen LogP contribution in [0.2, 0.25) is 0 Å². The Labute approximate surface area is 756 Å². The smallest absolute Gasteiger partial charge is 0.394 e. The largest absolute Gasteiger partial charge is 0.472 e. The Morgan fingerprint density at radius 3 is 0.946 bits per heavy atom. The first-order valence-electron chi connectivity index (χ1n) is 45.8. The molecule has 43 nitrogen and oxygen atoms in total. The van der Waals surface area contributed by atoms with Gasteiger partial charge < -0.3 is 138 Å². The van der Waals surface area contributed by atoms with Crippen LogP contribution in [-0.4, -0.2) is 335 Å². The Morgan fingerprint density at radius 1 is 0.341 bits per heavy atom. The van der Waals surface area contributed by atoms with Gasteiger partial charge in [0.25, 0.3) is 0 Å². The molecule has 6 unspecified atom stereocenters. The summed E-state index contributed by atoms with van der Waals surface area (Å²) in [5, 5.41) is 99.3. The molecule has 6 rings (SSSR count). The van der Waals surface area contributed by atoms with Crippen LogP contribution in [0.15, 0.2) is 0 Å². The van der Waals surface area contributed by atoms with Crippen molar-refractivity contribution in [1.29, 1.82) is 0 Å². The van der Waals surface area contributed by atoms with Crippen LogP contribution < -0.4 is 16.0 Å². The normalized spacial score (nSPS) is 31.1. The van der Waals surface area contributed by atoms with Gasteiger partial charge in [-0.15, -0.1) is 0 Å². The Balaban J connectivity index is 1.01. The van der Waals surface area contributed by atoms with E-state index in [1.54, 1.807) is 6.92 Å². The maximum atomic E-state index is 14.2. The molecule has 6 aliphatic rings. The molecule has 27 atom stereocenters. The first-order chi connectivity index (χ1) is 61.3. The van der Waals surface area contributed by atoms with Gasteiger partial charge in [-0.2, -0.15) is 0 Å². The van der Waals surface area contributed by atoms with Gasteiger partial charge in [-0.05, 0) is 72.1 Å². The monoisotopic (exact) mass is 1920 g/mol. The summed E-state index contributed by atoms with van der Waals surface area (Å²) in [6.07, 6.45) is -7.07. The number of amides is 3. The van der Waals surface area contributed by atoms with Crippen molar-refractivity contribution in [2.24, 2.45) is 5.92 Å². The number of ether oxygens (including phenoxy) is 13. The minimum atomic E-state index is -5.26. The van der Waals surface area contributed by atoms with E-state index in [4.69, 9.17) is 88.7 Å². The molecule has 0 aromatic rings. The van der Waals surface area contributed by atoms with Gasteiger partial charge in [0.1, 0.15) is 111 Å². The Kier molecular flexibility index (Phi) is 53.8. The fourth-order valence-electron chi connectivity index (χ4n) is 15.6. The molecule has 0 aromatic carbocycles. The third-order valence-corrected chi connectivity index (χ3v) is 25.8. The van der Waals surface area contributed by atoms with Crippen molar-refractivity contribution in [3.8, 4) is 0 Å². The highest BCUT2D eigenvalue weighted by Gasteiger charge is 2.51. The second-order valence-corrected chi connectivity index (χ2v) is 39.1. The lowest BCUT2D eigenvalue weighted by Gasteiger charge is -2.43.